The van der Waals surface area contributed by atoms with Gasteiger partial charge in [0.05, 0.1) is 5.60 Å². The molecular formula is C15H31NO. The topological polar surface area (TPSA) is 35.2 Å². The molecule has 1 heterocycles. The molecule has 1 rings (SSSR count). The minimum Gasteiger partial charge on any atom is -0.374 e. The number of ether oxygens (including phenoxy) is 1. The van der Waals surface area contributed by atoms with Crippen molar-refractivity contribution >= 4 is 0 Å². The monoisotopic (exact) mass is 241 g/mol. The first-order valence-corrected chi connectivity index (χ1v) is 7.58. The maximum absolute atomic E-state index is 6.25. The largest absolute Gasteiger partial charge is 0.374 e. The highest BCUT2D eigenvalue weighted by Crippen LogP contribution is 2.29. The summed E-state index contributed by atoms with van der Waals surface area (Å²) in [7, 11) is 0. The second-order valence-electron chi connectivity index (χ2n) is 5.78. The van der Waals surface area contributed by atoms with Gasteiger partial charge in [-0.25, -0.2) is 0 Å². The van der Waals surface area contributed by atoms with Crippen LogP contribution in [0.1, 0.15) is 78.1 Å². The normalized spacial score (nSPS) is 26.3. The van der Waals surface area contributed by atoms with E-state index in [4.69, 9.17) is 10.5 Å². The van der Waals surface area contributed by atoms with Gasteiger partial charge in [0, 0.05) is 12.6 Å². The third kappa shape index (κ3) is 5.39. The molecule has 1 aliphatic rings. The molecule has 2 N–H and O–H groups in total. The summed E-state index contributed by atoms with van der Waals surface area (Å²) in [5.74, 6) is 0. The van der Waals surface area contributed by atoms with Crippen LogP contribution >= 0.6 is 0 Å². The van der Waals surface area contributed by atoms with Gasteiger partial charge in [0.2, 0.25) is 0 Å². The molecule has 0 spiro atoms. The predicted octanol–water partition coefficient (Wildman–Crippen LogP) is 4.02. The number of nitrogens with two attached hydrogens (primary N) is 1. The summed E-state index contributed by atoms with van der Waals surface area (Å²) in [6.45, 7) is 5.36. The van der Waals surface area contributed by atoms with Crippen LogP contribution in [0, 0.1) is 0 Å². The lowest BCUT2D eigenvalue weighted by Crippen LogP contribution is -2.44. The summed E-state index contributed by atoms with van der Waals surface area (Å²) in [5.41, 5.74) is 6.23. The number of hydrogen-bond donors (Lipinski definition) is 1. The van der Waals surface area contributed by atoms with Crippen LogP contribution in [0.4, 0.5) is 0 Å². The molecule has 1 saturated heterocycles. The van der Waals surface area contributed by atoms with Crippen molar-refractivity contribution in [2.45, 2.75) is 89.7 Å². The quantitative estimate of drug-likeness (QED) is 0.619. The fourth-order valence-corrected chi connectivity index (χ4v) is 2.72. The van der Waals surface area contributed by atoms with E-state index in [9.17, 15) is 0 Å². The Morgan fingerprint density at radius 2 is 1.76 bits per heavy atom. The van der Waals surface area contributed by atoms with E-state index in [0.29, 0.717) is 0 Å². The van der Waals surface area contributed by atoms with Gasteiger partial charge in [-0.2, -0.15) is 0 Å². The molecule has 2 unspecified atom stereocenters. The van der Waals surface area contributed by atoms with Crippen molar-refractivity contribution in [3.05, 3.63) is 0 Å². The summed E-state index contributed by atoms with van der Waals surface area (Å²) in [4.78, 5) is 0. The van der Waals surface area contributed by atoms with Crippen LogP contribution in [0.3, 0.4) is 0 Å². The van der Waals surface area contributed by atoms with E-state index in [2.05, 4.69) is 13.8 Å². The van der Waals surface area contributed by atoms with E-state index in [1.807, 2.05) is 0 Å². The van der Waals surface area contributed by atoms with Gasteiger partial charge >= 0.3 is 0 Å². The molecule has 0 saturated carbocycles. The number of hydrogen-bond acceptors (Lipinski definition) is 2. The van der Waals surface area contributed by atoms with Crippen LogP contribution in [0.5, 0.6) is 0 Å². The minimum atomic E-state index is -0.0256. The van der Waals surface area contributed by atoms with Crippen molar-refractivity contribution in [3.8, 4) is 0 Å². The summed E-state index contributed by atoms with van der Waals surface area (Å²) in [6, 6.07) is 0.237. The van der Waals surface area contributed by atoms with E-state index >= 15 is 0 Å². The van der Waals surface area contributed by atoms with Gasteiger partial charge in [-0.1, -0.05) is 51.9 Å². The second-order valence-corrected chi connectivity index (χ2v) is 5.78. The van der Waals surface area contributed by atoms with Gasteiger partial charge in [0.1, 0.15) is 0 Å². The fourth-order valence-electron chi connectivity index (χ4n) is 2.72. The molecule has 0 amide bonds. The Morgan fingerprint density at radius 3 is 2.35 bits per heavy atom. The van der Waals surface area contributed by atoms with Crippen molar-refractivity contribution in [1.29, 1.82) is 0 Å². The average Bonchev–Trinajstić information content (AvgIpc) is 2.76. The van der Waals surface area contributed by atoms with Gasteiger partial charge in [0.25, 0.3) is 0 Å². The van der Waals surface area contributed by atoms with E-state index < -0.39 is 0 Å². The number of rotatable bonds is 9. The van der Waals surface area contributed by atoms with E-state index in [1.54, 1.807) is 0 Å². The minimum absolute atomic E-state index is 0.0256. The van der Waals surface area contributed by atoms with Crippen LogP contribution in [0.2, 0.25) is 0 Å². The Morgan fingerprint density at radius 1 is 1.12 bits per heavy atom. The Kier molecular flexibility index (Phi) is 7.14. The molecule has 2 heteroatoms. The van der Waals surface area contributed by atoms with Crippen LogP contribution in [-0.2, 0) is 4.74 Å². The summed E-state index contributed by atoms with van der Waals surface area (Å²) >= 11 is 0. The molecule has 17 heavy (non-hydrogen) atoms. The molecule has 2 nitrogen and oxygen atoms in total. The molecule has 0 aromatic rings. The van der Waals surface area contributed by atoms with Gasteiger partial charge in [-0.15, -0.1) is 0 Å². The van der Waals surface area contributed by atoms with Gasteiger partial charge in [0.15, 0.2) is 0 Å². The lowest BCUT2D eigenvalue weighted by Gasteiger charge is -2.30. The average molecular weight is 241 g/mol. The first-order valence-electron chi connectivity index (χ1n) is 7.58. The summed E-state index contributed by atoms with van der Waals surface area (Å²) in [5, 5.41) is 0. The van der Waals surface area contributed by atoms with Gasteiger partial charge < -0.3 is 10.5 Å². The third-order valence-corrected chi connectivity index (χ3v) is 4.15. The lowest BCUT2D eigenvalue weighted by molar-refractivity contribution is -0.00364. The summed E-state index contributed by atoms with van der Waals surface area (Å²) < 4.78 is 5.79. The Labute approximate surface area is 107 Å². The zero-order chi connectivity index (χ0) is 12.6. The van der Waals surface area contributed by atoms with Crippen molar-refractivity contribution in [1.82, 2.24) is 0 Å². The first kappa shape index (κ1) is 15.0. The van der Waals surface area contributed by atoms with E-state index in [0.717, 1.165) is 19.4 Å². The highest BCUT2D eigenvalue weighted by molar-refractivity contribution is 4.90. The molecule has 102 valence electrons. The zero-order valence-electron chi connectivity index (χ0n) is 11.8. The van der Waals surface area contributed by atoms with Crippen LogP contribution < -0.4 is 5.73 Å². The molecule has 0 aromatic carbocycles. The maximum Gasteiger partial charge on any atom is 0.0805 e. The smallest absolute Gasteiger partial charge is 0.0805 e. The van der Waals surface area contributed by atoms with Crippen molar-refractivity contribution in [2.75, 3.05) is 6.61 Å². The van der Waals surface area contributed by atoms with Crippen molar-refractivity contribution in [3.63, 3.8) is 0 Å². The molecule has 0 bridgehead atoms. The lowest BCUT2D eigenvalue weighted by atomic mass is 9.90. The predicted molar refractivity (Wildman–Crippen MR) is 74.2 cm³/mol. The van der Waals surface area contributed by atoms with Crippen molar-refractivity contribution in [2.24, 2.45) is 5.73 Å². The Hall–Kier alpha value is -0.0800. The van der Waals surface area contributed by atoms with E-state index in [-0.39, 0.29) is 11.6 Å². The Bertz CT molecular complexity index is 187. The molecule has 2 atom stereocenters. The highest BCUT2D eigenvalue weighted by Gasteiger charge is 2.35. The molecule has 0 aromatic heterocycles. The fraction of sp³-hybridized carbons (Fsp3) is 1.00. The van der Waals surface area contributed by atoms with Crippen LogP contribution in [-0.4, -0.2) is 18.2 Å². The standard InChI is InChI=1S/C15H31NO/c1-3-4-5-6-7-8-9-11-14(16)15(2)12-10-13-17-15/h14H,3-13,16H2,1-2H3. The molecule has 1 fully saturated rings. The summed E-state index contributed by atoms with van der Waals surface area (Å²) in [6.07, 6.45) is 13.0. The van der Waals surface area contributed by atoms with Gasteiger partial charge in [-0.05, 0) is 26.2 Å². The first-order chi connectivity index (χ1) is 8.19. The van der Waals surface area contributed by atoms with E-state index in [1.165, 1.54) is 51.4 Å². The molecule has 0 aliphatic carbocycles. The second kappa shape index (κ2) is 8.10. The highest BCUT2D eigenvalue weighted by atomic mass is 16.5. The Balaban J connectivity index is 1.98. The molecule has 0 radical (unpaired) electrons. The maximum atomic E-state index is 6.25. The van der Waals surface area contributed by atoms with Crippen molar-refractivity contribution < 1.29 is 4.74 Å². The van der Waals surface area contributed by atoms with Gasteiger partial charge in [-0.3, -0.25) is 0 Å². The third-order valence-electron chi connectivity index (χ3n) is 4.15. The molecular weight excluding hydrogens is 210 g/mol. The van der Waals surface area contributed by atoms with Crippen LogP contribution in [0.15, 0.2) is 0 Å². The number of unbranched alkanes of at least 4 members (excludes halogenated alkanes) is 6. The van der Waals surface area contributed by atoms with Crippen LogP contribution in [0.25, 0.3) is 0 Å². The molecule has 1 aliphatic heterocycles. The zero-order valence-corrected chi connectivity index (χ0v) is 11.8. The SMILES string of the molecule is CCCCCCCCCC(N)C1(C)CCCO1.